The molecule has 2 unspecified atom stereocenters. The highest BCUT2D eigenvalue weighted by Crippen LogP contribution is 2.31. The van der Waals surface area contributed by atoms with Gasteiger partial charge in [-0.1, -0.05) is 30.3 Å². The van der Waals surface area contributed by atoms with E-state index in [1.807, 2.05) is 51.1 Å². The van der Waals surface area contributed by atoms with Gasteiger partial charge in [-0.15, -0.1) is 0 Å². The average molecular weight is 275 g/mol. The van der Waals surface area contributed by atoms with Gasteiger partial charge in [0.2, 0.25) is 5.91 Å². The van der Waals surface area contributed by atoms with Gasteiger partial charge in [0.1, 0.15) is 0 Å². The lowest BCUT2D eigenvalue weighted by atomic mass is 9.83. The fourth-order valence-electron chi connectivity index (χ4n) is 2.89. The molecule has 1 aromatic rings. The molecule has 0 aliphatic carbocycles. The maximum absolute atomic E-state index is 12.8. The summed E-state index contributed by atoms with van der Waals surface area (Å²) in [6.45, 7) is 6.13. The first-order valence-electron chi connectivity index (χ1n) is 6.95. The molecule has 0 aromatic heterocycles. The van der Waals surface area contributed by atoms with Crippen molar-refractivity contribution in [2.24, 2.45) is 5.92 Å². The summed E-state index contributed by atoms with van der Waals surface area (Å²) in [6, 6.07) is 9.38. The Kier molecular flexibility index (Phi) is 3.84. The summed E-state index contributed by atoms with van der Waals surface area (Å²) in [7, 11) is 0. The first-order valence-corrected chi connectivity index (χ1v) is 6.95. The number of benzene rings is 1. The number of amides is 1. The van der Waals surface area contributed by atoms with E-state index in [1.165, 1.54) is 0 Å². The van der Waals surface area contributed by atoms with Gasteiger partial charge in [0.05, 0.1) is 11.3 Å². The summed E-state index contributed by atoms with van der Waals surface area (Å²) in [5.74, 6) is -1.27. The number of carbonyl (C=O) groups is 2. The maximum atomic E-state index is 12.8. The Morgan fingerprint density at radius 2 is 1.85 bits per heavy atom. The highest BCUT2D eigenvalue weighted by Gasteiger charge is 2.43. The number of hydrogen-bond donors (Lipinski definition) is 1. The van der Waals surface area contributed by atoms with Gasteiger partial charge in [-0.2, -0.15) is 0 Å². The number of carbonyl (C=O) groups excluding carboxylic acids is 1. The molecular formula is C16H21NO3. The predicted octanol–water partition coefficient (Wildman–Crippen LogP) is 2.29. The summed E-state index contributed by atoms with van der Waals surface area (Å²) < 4.78 is 0. The zero-order valence-electron chi connectivity index (χ0n) is 12.2. The van der Waals surface area contributed by atoms with Crippen LogP contribution in [0.3, 0.4) is 0 Å². The van der Waals surface area contributed by atoms with Crippen molar-refractivity contribution in [3.8, 4) is 0 Å². The largest absolute Gasteiger partial charge is 0.481 e. The number of hydrogen-bond acceptors (Lipinski definition) is 2. The molecule has 0 radical (unpaired) electrons. The number of likely N-dealkylation sites (tertiary alicyclic amines) is 1. The first-order chi connectivity index (χ1) is 9.35. The SMILES string of the molecule is CC1C(C(=O)O)CCN1C(=O)C(C)(C)c1ccccc1. The van der Waals surface area contributed by atoms with Crippen molar-refractivity contribution in [2.45, 2.75) is 38.6 Å². The zero-order valence-corrected chi connectivity index (χ0v) is 12.2. The lowest BCUT2D eigenvalue weighted by Crippen LogP contribution is -2.46. The summed E-state index contributed by atoms with van der Waals surface area (Å²) >= 11 is 0. The van der Waals surface area contributed by atoms with E-state index in [1.54, 1.807) is 4.90 Å². The van der Waals surface area contributed by atoms with Gasteiger partial charge in [0.25, 0.3) is 0 Å². The van der Waals surface area contributed by atoms with Crippen molar-refractivity contribution in [2.75, 3.05) is 6.54 Å². The number of carboxylic acid groups (broad SMARTS) is 1. The summed E-state index contributed by atoms with van der Waals surface area (Å²) in [4.78, 5) is 25.7. The third-order valence-corrected chi connectivity index (χ3v) is 4.36. The molecule has 108 valence electrons. The molecule has 1 heterocycles. The normalized spacial score (nSPS) is 22.9. The topological polar surface area (TPSA) is 57.6 Å². The summed E-state index contributed by atoms with van der Waals surface area (Å²) in [5.41, 5.74) is 0.319. The molecule has 2 atom stereocenters. The van der Waals surface area contributed by atoms with Crippen molar-refractivity contribution in [1.82, 2.24) is 4.90 Å². The van der Waals surface area contributed by atoms with Gasteiger partial charge < -0.3 is 10.0 Å². The molecule has 1 aliphatic rings. The molecule has 1 N–H and O–H groups in total. The van der Waals surface area contributed by atoms with Crippen LogP contribution < -0.4 is 0 Å². The third-order valence-electron chi connectivity index (χ3n) is 4.36. The van der Waals surface area contributed by atoms with Gasteiger partial charge in [0, 0.05) is 12.6 Å². The van der Waals surface area contributed by atoms with Crippen LogP contribution in [0.5, 0.6) is 0 Å². The van der Waals surface area contributed by atoms with Crippen LogP contribution in [0.25, 0.3) is 0 Å². The summed E-state index contributed by atoms with van der Waals surface area (Å²) in [5, 5.41) is 9.17. The van der Waals surface area contributed by atoms with E-state index < -0.39 is 17.3 Å². The maximum Gasteiger partial charge on any atom is 0.308 e. The third kappa shape index (κ3) is 2.42. The van der Waals surface area contributed by atoms with E-state index in [-0.39, 0.29) is 11.9 Å². The van der Waals surface area contributed by atoms with Crippen molar-refractivity contribution in [3.63, 3.8) is 0 Å². The summed E-state index contributed by atoms with van der Waals surface area (Å²) in [6.07, 6.45) is 0.535. The van der Waals surface area contributed by atoms with Crippen LogP contribution >= 0.6 is 0 Å². The molecule has 0 bridgehead atoms. The van der Waals surface area contributed by atoms with Crippen LogP contribution in [0.15, 0.2) is 30.3 Å². The van der Waals surface area contributed by atoms with Gasteiger partial charge in [-0.3, -0.25) is 9.59 Å². The molecule has 1 aliphatic heterocycles. The lowest BCUT2D eigenvalue weighted by molar-refractivity contribution is -0.143. The second kappa shape index (κ2) is 5.27. The van der Waals surface area contributed by atoms with E-state index in [4.69, 9.17) is 5.11 Å². The Bertz CT molecular complexity index is 510. The number of nitrogens with zero attached hydrogens (tertiary/aromatic N) is 1. The Balaban J connectivity index is 2.22. The molecule has 1 saturated heterocycles. The van der Waals surface area contributed by atoms with Crippen molar-refractivity contribution >= 4 is 11.9 Å². The number of carboxylic acids is 1. The lowest BCUT2D eigenvalue weighted by Gasteiger charge is -2.33. The predicted molar refractivity (Wildman–Crippen MR) is 76.4 cm³/mol. The van der Waals surface area contributed by atoms with Crippen molar-refractivity contribution in [1.29, 1.82) is 0 Å². The van der Waals surface area contributed by atoms with Crippen molar-refractivity contribution in [3.05, 3.63) is 35.9 Å². The Morgan fingerprint density at radius 3 is 2.35 bits per heavy atom. The van der Waals surface area contributed by atoms with Gasteiger partial charge in [-0.25, -0.2) is 0 Å². The quantitative estimate of drug-likeness (QED) is 0.920. The molecule has 2 rings (SSSR count). The van der Waals surface area contributed by atoms with E-state index in [0.29, 0.717) is 13.0 Å². The van der Waals surface area contributed by atoms with Crippen LogP contribution in [-0.2, 0) is 15.0 Å². The molecule has 0 spiro atoms. The fraction of sp³-hybridized carbons (Fsp3) is 0.500. The van der Waals surface area contributed by atoms with Gasteiger partial charge in [-0.05, 0) is 32.8 Å². The minimum atomic E-state index is -0.815. The van der Waals surface area contributed by atoms with Crippen LogP contribution in [-0.4, -0.2) is 34.5 Å². The standard InChI is InChI=1S/C16H21NO3/c1-11-13(14(18)19)9-10-17(11)15(20)16(2,3)12-7-5-4-6-8-12/h4-8,11,13H,9-10H2,1-3H3,(H,18,19). The number of aliphatic carboxylic acids is 1. The monoisotopic (exact) mass is 275 g/mol. The Hall–Kier alpha value is -1.84. The Morgan fingerprint density at radius 1 is 1.25 bits per heavy atom. The second-order valence-corrected chi connectivity index (χ2v) is 5.96. The van der Waals surface area contributed by atoms with E-state index in [2.05, 4.69) is 0 Å². The number of rotatable bonds is 3. The van der Waals surface area contributed by atoms with E-state index >= 15 is 0 Å². The highest BCUT2D eigenvalue weighted by molar-refractivity contribution is 5.88. The van der Waals surface area contributed by atoms with Crippen LogP contribution in [0.2, 0.25) is 0 Å². The second-order valence-electron chi connectivity index (χ2n) is 5.96. The molecule has 20 heavy (non-hydrogen) atoms. The first kappa shape index (κ1) is 14.6. The molecule has 4 heteroatoms. The molecule has 4 nitrogen and oxygen atoms in total. The zero-order chi connectivity index (χ0) is 14.9. The molecular weight excluding hydrogens is 254 g/mol. The average Bonchev–Trinajstić information content (AvgIpc) is 2.80. The smallest absolute Gasteiger partial charge is 0.308 e. The molecule has 1 fully saturated rings. The molecule has 1 aromatic carbocycles. The fourth-order valence-corrected chi connectivity index (χ4v) is 2.89. The van der Waals surface area contributed by atoms with Crippen LogP contribution in [0.1, 0.15) is 32.8 Å². The Labute approximate surface area is 119 Å². The molecule has 0 saturated carbocycles. The minimum Gasteiger partial charge on any atom is -0.481 e. The van der Waals surface area contributed by atoms with E-state index in [9.17, 15) is 9.59 Å². The van der Waals surface area contributed by atoms with Gasteiger partial charge >= 0.3 is 5.97 Å². The van der Waals surface area contributed by atoms with Crippen molar-refractivity contribution < 1.29 is 14.7 Å². The van der Waals surface area contributed by atoms with E-state index in [0.717, 1.165) is 5.56 Å². The highest BCUT2D eigenvalue weighted by atomic mass is 16.4. The van der Waals surface area contributed by atoms with Gasteiger partial charge in [0.15, 0.2) is 0 Å². The van der Waals surface area contributed by atoms with Crippen LogP contribution in [0.4, 0.5) is 0 Å². The van der Waals surface area contributed by atoms with Crippen LogP contribution in [0, 0.1) is 5.92 Å². The molecule has 1 amide bonds. The minimum absolute atomic E-state index is 0.0000463.